The van der Waals surface area contributed by atoms with Gasteiger partial charge in [-0.1, -0.05) is 0 Å². The molecule has 1 fully saturated rings. The third kappa shape index (κ3) is 3.31. The van der Waals surface area contributed by atoms with Crippen molar-refractivity contribution in [2.75, 3.05) is 31.3 Å². The summed E-state index contributed by atoms with van der Waals surface area (Å²) in [6, 6.07) is 0.0396. The van der Waals surface area contributed by atoms with Gasteiger partial charge in [0.25, 0.3) is 0 Å². The van der Waals surface area contributed by atoms with E-state index in [0.29, 0.717) is 6.61 Å². The van der Waals surface area contributed by atoms with Crippen LogP contribution in [-0.2, 0) is 9.47 Å². The third-order valence-electron chi connectivity index (χ3n) is 1.83. The molecule has 1 aliphatic rings. The minimum absolute atomic E-state index is 0.0396. The molecule has 1 saturated heterocycles. The van der Waals surface area contributed by atoms with Gasteiger partial charge in [0.05, 0.1) is 25.4 Å². The Morgan fingerprint density at radius 3 is 3.17 bits per heavy atom. The van der Waals surface area contributed by atoms with Crippen molar-refractivity contribution in [3.05, 3.63) is 0 Å². The zero-order chi connectivity index (χ0) is 8.81. The fraction of sp³-hybridized carbons (Fsp3) is 1.00. The van der Waals surface area contributed by atoms with Crippen molar-refractivity contribution in [2.24, 2.45) is 5.73 Å². The van der Waals surface area contributed by atoms with Gasteiger partial charge in [0.1, 0.15) is 0 Å². The van der Waals surface area contributed by atoms with Gasteiger partial charge >= 0.3 is 0 Å². The Balaban J connectivity index is 2.15. The molecule has 1 rings (SSSR count). The maximum atomic E-state index is 5.87. The number of nitrogens with two attached hydrogens (primary N) is 1. The smallest absolute Gasteiger partial charge is 0.0839 e. The highest BCUT2D eigenvalue weighted by Crippen LogP contribution is 2.14. The second-order valence-corrected chi connectivity index (χ2v) is 3.96. The zero-order valence-electron chi connectivity index (χ0n) is 7.49. The largest absolute Gasteiger partial charge is 0.380 e. The van der Waals surface area contributed by atoms with Crippen molar-refractivity contribution in [2.45, 2.75) is 19.1 Å². The lowest BCUT2D eigenvalue weighted by Gasteiger charge is -2.27. The molecule has 2 unspecified atom stereocenters. The lowest BCUT2D eigenvalue weighted by molar-refractivity contribution is 0.0243. The van der Waals surface area contributed by atoms with E-state index < -0.39 is 0 Å². The topological polar surface area (TPSA) is 44.5 Å². The molecular formula is C8H17NO2S. The quantitative estimate of drug-likeness (QED) is 0.702. The molecule has 0 aliphatic carbocycles. The summed E-state index contributed by atoms with van der Waals surface area (Å²) in [5.74, 6) is 2.10. The first-order chi connectivity index (χ1) is 5.84. The van der Waals surface area contributed by atoms with E-state index in [9.17, 15) is 0 Å². The average Bonchev–Trinajstić information content (AvgIpc) is 2.15. The lowest BCUT2D eigenvalue weighted by Crippen LogP contribution is -2.44. The van der Waals surface area contributed by atoms with Crippen LogP contribution < -0.4 is 5.73 Å². The third-order valence-corrected chi connectivity index (χ3v) is 2.85. The van der Waals surface area contributed by atoms with E-state index in [2.05, 4.69) is 0 Å². The van der Waals surface area contributed by atoms with Crippen LogP contribution in [0.5, 0.6) is 0 Å². The van der Waals surface area contributed by atoms with Crippen molar-refractivity contribution in [1.29, 1.82) is 0 Å². The molecule has 1 aliphatic heterocycles. The van der Waals surface area contributed by atoms with Gasteiger partial charge < -0.3 is 15.2 Å². The average molecular weight is 191 g/mol. The predicted octanol–water partition coefficient (Wildman–Crippen LogP) is 0.482. The van der Waals surface area contributed by atoms with Crippen LogP contribution in [0.4, 0.5) is 0 Å². The van der Waals surface area contributed by atoms with Crippen molar-refractivity contribution < 1.29 is 9.47 Å². The molecule has 1 heterocycles. The normalized spacial score (nSPS) is 27.0. The van der Waals surface area contributed by atoms with E-state index >= 15 is 0 Å². The molecule has 0 bridgehead atoms. The summed E-state index contributed by atoms with van der Waals surface area (Å²) in [6.07, 6.45) is 0.190. The Morgan fingerprint density at radius 1 is 1.75 bits per heavy atom. The molecule has 0 aromatic rings. The van der Waals surface area contributed by atoms with Crippen LogP contribution in [0.2, 0.25) is 0 Å². The van der Waals surface area contributed by atoms with Gasteiger partial charge in [0.2, 0.25) is 0 Å². The van der Waals surface area contributed by atoms with Gasteiger partial charge in [-0.15, -0.1) is 0 Å². The number of rotatable bonds is 4. The van der Waals surface area contributed by atoms with Crippen LogP contribution >= 0.6 is 11.8 Å². The van der Waals surface area contributed by atoms with E-state index in [1.165, 1.54) is 0 Å². The summed E-state index contributed by atoms with van der Waals surface area (Å²) >= 11 is 1.90. The van der Waals surface area contributed by atoms with Gasteiger partial charge in [-0.25, -0.2) is 0 Å². The first-order valence-corrected chi connectivity index (χ1v) is 5.52. The number of thioether (sulfide) groups is 1. The predicted molar refractivity (Wildman–Crippen MR) is 51.5 cm³/mol. The Hall–Kier alpha value is 0.230. The van der Waals surface area contributed by atoms with E-state index in [1.807, 2.05) is 18.7 Å². The molecule has 12 heavy (non-hydrogen) atoms. The first-order valence-electron chi connectivity index (χ1n) is 4.37. The molecule has 0 radical (unpaired) electrons. The molecule has 0 spiro atoms. The summed E-state index contributed by atoms with van der Waals surface area (Å²) in [4.78, 5) is 0. The van der Waals surface area contributed by atoms with Crippen LogP contribution in [0, 0.1) is 0 Å². The summed E-state index contributed by atoms with van der Waals surface area (Å²) in [6.45, 7) is 4.15. The van der Waals surface area contributed by atoms with Gasteiger partial charge in [-0.05, 0) is 6.92 Å². The van der Waals surface area contributed by atoms with Crippen molar-refractivity contribution >= 4 is 11.8 Å². The number of hydrogen-bond donors (Lipinski definition) is 1. The minimum Gasteiger partial charge on any atom is -0.380 e. The Bertz CT molecular complexity index is 118. The van der Waals surface area contributed by atoms with Gasteiger partial charge in [-0.2, -0.15) is 11.8 Å². The minimum atomic E-state index is 0.0396. The van der Waals surface area contributed by atoms with E-state index in [4.69, 9.17) is 15.2 Å². The Labute approximate surface area is 78.0 Å². The van der Waals surface area contributed by atoms with Crippen LogP contribution in [0.3, 0.4) is 0 Å². The fourth-order valence-corrected chi connectivity index (χ4v) is 2.07. The van der Waals surface area contributed by atoms with E-state index in [0.717, 1.165) is 24.7 Å². The van der Waals surface area contributed by atoms with E-state index in [-0.39, 0.29) is 12.1 Å². The lowest BCUT2D eigenvalue weighted by atomic mass is 10.2. The molecule has 0 aromatic carbocycles. The van der Waals surface area contributed by atoms with Crippen LogP contribution in [0.15, 0.2) is 0 Å². The Morgan fingerprint density at radius 2 is 2.58 bits per heavy atom. The summed E-state index contributed by atoms with van der Waals surface area (Å²) in [7, 11) is 0. The van der Waals surface area contributed by atoms with Crippen LogP contribution in [0.1, 0.15) is 6.92 Å². The molecule has 2 atom stereocenters. The zero-order valence-corrected chi connectivity index (χ0v) is 8.31. The van der Waals surface area contributed by atoms with Gasteiger partial charge in [0.15, 0.2) is 0 Å². The monoisotopic (exact) mass is 191 g/mol. The van der Waals surface area contributed by atoms with Crippen molar-refractivity contribution in [3.63, 3.8) is 0 Å². The van der Waals surface area contributed by atoms with E-state index in [1.54, 1.807) is 0 Å². The Kier molecular flexibility index (Phi) is 4.99. The molecule has 0 saturated carbocycles. The molecule has 2 N–H and O–H groups in total. The molecule has 3 nitrogen and oxygen atoms in total. The highest BCUT2D eigenvalue weighted by atomic mass is 32.2. The van der Waals surface area contributed by atoms with Gasteiger partial charge in [-0.3, -0.25) is 0 Å². The fourth-order valence-electron chi connectivity index (χ4n) is 1.11. The molecule has 0 amide bonds. The summed E-state index contributed by atoms with van der Waals surface area (Å²) in [5.41, 5.74) is 5.87. The number of ether oxygens (including phenoxy) is 2. The molecule has 4 heteroatoms. The van der Waals surface area contributed by atoms with Crippen LogP contribution in [0.25, 0.3) is 0 Å². The first kappa shape index (κ1) is 10.3. The summed E-state index contributed by atoms with van der Waals surface area (Å²) < 4.78 is 10.7. The van der Waals surface area contributed by atoms with Crippen LogP contribution in [-0.4, -0.2) is 43.5 Å². The highest BCUT2D eigenvalue weighted by Gasteiger charge is 2.21. The highest BCUT2D eigenvalue weighted by molar-refractivity contribution is 7.99. The summed E-state index contributed by atoms with van der Waals surface area (Å²) in [5, 5.41) is 0. The maximum Gasteiger partial charge on any atom is 0.0839 e. The molecule has 0 aromatic heterocycles. The molecule has 72 valence electrons. The molecular weight excluding hydrogens is 174 g/mol. The second-order valence-electron chi connectivity index (χ2n) is 2.81. The van der Waals surface area contributed by atoms with Crippen molar-refractivity contribution in [3.8, 4) is 0 Å². The number of hydrogen-bond acceptors (Lipinski definition) is 4. The standard InChI is InChI=1S/C8H17NO2S/c1-2-10-5-7(9)8-6-12-4-3-11-8/h7-8H,2-6,9H2,1H3. The van der Waals surface area contributed by atoms with Crippen molar-refractivity contribution in [1.82, 2.24) is 0 Å². The maximum absolute atomic E-state index is 5.87. The SMILES string of the molecule is CCOCC(N)C1CSCCO1. The van der Waals surface area contributed by atoms with Gasteiger partial charge in [0, 0.05) is 18.1 Å². The second kappa shape index (κ2) is 5.80.